The summed E-state index contributed by atoms with van der Waals surface area (Å²) >= 11 is 0. The molecule has 0 radical (unpaired) electrons. The molecule has 0 bridgehead atoms. The number of anilines is 1. The van der Waals surface area contributed by atoms with Crippen LogP contribution in [0.1, 0.15) is 29.9 Å². The Morgan fingerprint density at radius 3 is 2.38 bits per heavy atom. The van der Waals surface area contributed by atoms with Gasteiger partial charge in [0, 0.05) is 12.2 Å². The number of hydrogen-bond donors (Lipinski definition) is 1. The fourth-order valence-corrected chi connectivity index (χ4v) is 4.62. The first-order valence-electron chi connectivity index (χ1n) is 12.7. The fourth-order valence-electron chi connectivity index (χ4n) is 4.62. The molecular formula is C32H27N5O2. The monoisotopic (exact) mass is 513 g/mol. The largest absolute Gasteiger partial charge is 0.322 e. The highest BCUT2D eigenvalue weighted by molar-refractivity contribution is 5.90. The van der Waals surface area contributed by atoms with Crippen LogP contribution in [0, 0.1) is 11.3 Å². The fraction of sp³-hybridized carbons (Fsp3) is 0.125. The Kier molecular flexibility index (Phi) is 7.46. The van der Waals surface area contributed by atoms with Gasteiger partial charge in [0.2, 0.25) is 0 Å². The lowest BCUT2D eigenvalue weighted by molar-refractivity contribution is 0.190. The van der Waals surface area contributed by atoms with E-state index in [1.807, 2.05) is 85.8 Å². The molecule has 5 rings (SSSR count). The lowest BCUT2D eigenvalue weighted by Gasteiger charge is -2.31. The van der Waals surface area contributed by atoms with E-state index >= 15 is 0 Å². The number of carbonyl (C=O) groups is 1. The Balaban J connectivity index is 1.59. The van der Waals surface area contributed by atoms with Crippen LogP contribution in [0.4, 0.5) is 10.5 Å². The molecule has 1 atom stereocenters. The maximum Gasteiger partial charge on any atom is 0.322 e. The number of hydrogen-bond acceptors (Lipinski definition) is 4. The summed E-state index contributed by atoms with van der Waals surface area (Å²) in [7, 11) is 0. The lowest BCUT2D eigenvalue weighted by atomic mass is 10.1. The minimum absolute atomic E-state index is 0.196. The van der Waals surface area contributed by atoms with Gasteiger partial charge in [0.15, 0.2) is 0 Å². The van der Waals surface area contributed by atoms with Crippen LogP contribution in [0.3, 0.4) is 0 Å². The summed E-state index contributed by atoms with van der Waals surface area (Å²) in [5, 5.41) is 12.7. The second-order valence-electron chi connectivity index (χ2n) is 9.19. The van der Waals surface area contributed by atoms with Crippen LogP contribution in [0.15, 0.2) is 114 Å². The van der Waals surface area contributed by atoms with Crippen LogP contribution in [0.25, 0.3) is 16.6 Å². The van der Waals surface area contributed by atoms with Crippen molar-refractivity contribution in [2.75, 3.05) is 11.9 Å². The summed E-state index contributed by atoms with van der Waals surface area (Å²) in [4.78, 5) is 34.1. The molecule has 0 aliphatic rings. The smallest absolute Gasteiger partial charge is 0.314 e. The number of nitrogens with zero attached hydrogens (tertiary/aromatic N) is 4. The highest BCUT2D eigenvalue weighted by Crippen LogP contribution is 2.24. The van der Waals surface area contributed by atoms with Gasteiger partial charge in [0.05, 0.1) is 34.3 Å². The lowest BCUT2D eigenvalue weighted by Crippen LogP contribution is -2.41. The highest BCUT2D eigenvalue weighted by Gasteiger charge is 2.27. The standard InChI is InChI=1S/C32H27N5O2/c1-23(30-35-29-18-9-8-17-28(29)31(38)37(30)27-15-6-3-7-16-27)36(20-19-24-11-4-2-5-12-24)32(39)34-26-14-10-13-25(21-26)22-33/h2-18,21,23H,19-20H2,1H3,(H,34,39). The van der Waals surface area contributed by atoms with Gasteiger partial charge < -0.3 is 10.2 Å². The Morgan fingerprint density at radius 1 is 0.949 bits per heavy atom. The topological polar surface area (TPSA) is 91.0 Å². The summed E-state index contributed by atoms with van der Waals surface area (Å²) in [6.45, 7) is 2.26. The molecule has 2 amide bonds. The van der Waals surface area contributed by atoms with Gasteiger partial charge in [0.25, 0.3) is 5.56 Å². The van der Waals surface area contributed by atoms with Crippen LogP contribution in [-0.4, -0.2) is 27.0 Å². The van der Waals surface area contributed by atoms with Gasteiger partial charge >= 0.3 is 6.03 Å². The zero-order valence-electron chi connectivity index (χ0n) is 21.5. The summed E-state index contributed by atoms with van der Waals surface area (Å²) in [6, 6.07) is 34.5. The molecule has 39 heavy (non-hydrogen) atoms. The quantitative estimate of drug-likeness (QED) is 0.285. The first-order valence-corrected chi connectivity index (χ1v) is 12.7. The summed E-state index contributed by atoms with van der Waals surface area (Å²) in [5.41, 5.74) is 3.10. The van der Waals surface area contributed by atoms with Crippen molar-refractivity contribution in [3.63, 3.8) is 0 Å². The van der Waals surface area contributed by atoms with Crippen LogP contribution in [0.5, 0.6) is 0 Å². The SMILES string of the molecule is CC(c1nc2ccccc2c(=O)n1-c1ccccc1)N(CCc1ccccc1)C(=O)Nc1cccc(C#N)c1. The van der Waals surface area contributed by atoms with Crippen molar-refractivity contribution in [2.24, 2.45) is 0 Å². The highest BCUT2D eigenvalue weighted by atomic mass is 16.2. The van der Waals surface area contributed by atoms with E-state index in [2.05, 4.69) is 11.4 Å². The predicted molar refractivity (Wildman–Crippen MR) is 153 cm³/mol. The molecule has 1 heterocycles. The van der Waals surface area contributed by atoms with E-state index in [-0.39, 0.29) is 11.6 Å². The van der Waals surface area contributed by atoms with Crippen molar-refractivity contribution in [3.05, 3.63) is 136 Å². The normalized spacial score (nSPS) is 11.5. The summed E-state index contributed by atoms with van der Waals surface area (Å²) in [5.74, 6) is 0.457. The molecule has 7 nitrogen and oxygen atoms in total. The maximum absolute atomic E-state index is 13.8. The molecule has 1 unspecified atom stereocenters. The van der Waals surface area contributed by atoms with Gasteiger partial charge in [-0.2, -0.15) is 5.26 Å². The van der Waals surface area contributed by atoms with Crippen molar-refractivity contribution in [2.45, 2.75) is 19.4 Å². The zero-order valence-corrected chi connectivity index (χ0v) is 21.5. The number of urea groups is 1. The molecule has 1 N–H and O–H groups in total. The maximum atomic E-state index is 13.8. The van der Waals surface area contributed by atoms with Crippen LogP contribution in [-0.2, 0) is 6.42 Å². The van der Waals surface area contributed by atoms with E-state index in [0.717, 1.165) is 5.56 Å². The van der Waals surface area contributed by atoms with Crippen molar-refractivity contribution < 1.29 is 4.79 Å². The number of nitriles is 1. The number of benzene rings is 4. The Bertz CT molecular complexity index is 1710. The van der Waals surface area contributed by atoms with E-state index in [1.54, 1.807) is 39.8 Å². The first kappa shape index (κ1) is 25.4. The van der Waals surface area contributed by atoms with Crippen molar-refractivity contribution in [1.29, 1.82) is 5.26 Å². The number of amides is 2. The molecule has 0 spiro atoms. The molecule has 0 saturated carbocycles. The third kappa shape index (κ3) is 5.55. The minimum atomic E-state index is -0.564. The van der Waals surface area contributed by atoms with E-state index in [1.165, 1.54) is 0 Å². The van der Waals surface area contributed by atoms with Crippen LogP contribution in [0.2, 0.25) is 0 Å². The van der Waals surface area contributed by atoms with Gasteiger partial charge in [-0.3, -0.25) is 9.36 Å². The molecule has 192 valence electrons. The predicted octanol–water partition coefficient (Wildman–Crippen LogP) is 6.10. The zero-order chi connectivity index (χ0) is 27.2. The van der Waals surface area contributed by atoms with Crippen molar-refractivity contribution in [1.82, 2.24) is 14.5 Å². The first-order chi connectivity index (χ1) is 19.0. The van der Waals surface area contributed by atoms with Gasteiger partial charge in [-0.05, 0) is 61.4 Å². The second kappa shape index (κ2) is 11.4. The average Bonchev–Trinajstić information content (AvgIpc) is 2.98. The number of fused-ring (bicyclic) bond motifs is 1. The van der Waals surface area contributed by atoms with Gasteiger partial charge in [-0.25, -0.2) is 9.78 Å². The van der Waals surface area contributed by atoms with E-state index < -0.39 is 6.04 Å². The molecule has 5 aromatic rings. The van der Waals surface area contributed by atoms with Crippen molar-refractivity contribution in [3.8, 4) is 11.8 Å². The van der Waals surface area contributed by atoms with Crippen LogP contribution >= 0.6 is 0 Å². The minimum Gasteiger partial charge on any atom is -0.314 e. The third-order valence-electron chi connectivity index (χ3n) is 6.65. The second-order valence-corrected chi connectivity index (χ2v) is 9.19. The number of carbonyl (C=O) groups excluding carboxylic acids is 1. The molecule has 0 aliphatic carbocycles. The Morgan fingerprint density at radius 2 is 1.64 bits per heavy atom. The molecule has 0 aliphatic heterocycles. The molecule has 1 aromatic heterocycles. The Hall–Kier alpha value is -5.22. The van der Waals surface area contributed by atoms with E-state index in [9.17, 15) is 14.9 Å². The number of nitrogens with one attached hydrogen (secondary N) is 1. The molecule has 0 saturated heterocycles. The number of para-hydroxylation sites is 2. The molecule has 0 fully saturated rings. The third-order valence-corrected chi connectivity index (χ3v) is 6.65. The van der Waals surface area contributed by atoms with Gasteiger partial charge in [0.1, 0.15) is 5.82 Å². The summed E-state index contributed by atoms with van der Waals surface area (Å²) < 4.78 is 1.59. The van der Waals surface area contributed by atoms with E-state index in [0.29, 0.717) is 46.6 Å². The number of rotatable bonds is 7. The molecule has 7 heteroatoms. The molecular weight excluding hydrogens is 486 g/mol. The van der Waals surface area contributed by atoms with E-state index in [4.69, 9.17) is 4.98 Å². The van der Waals surface area contributed by atoms with Crippen LogP contribution < -0.4 is 10.9 Å². The summed E-state index contributed by atoms with van der Waals surface area (Å²) in [6.07, 6.45) is 0.611. The number of aromatic nitrogens is 2. The Labute approximate surface area is 226 Å². The average molecular weight is 514 g/mol. The molecule has 4 aromatic carbocycles. The van der Waals surface area contributed by atoms with Gasteiger partial charge in [-0.1, -0.05) is 66.7 Å². The van der Waals surface area contributed by atoms with Gasteiger partial charge in [-0.15, -0.1) is 0 Å². The van der Waals surface area contributed by atoms with Crippen molar-refractivity contribution >= 4 is 22.6 Å².